The Kier molecular flexibility index (Phi) is 6.34. The summed E-state index contributed by atoms with van der Waals surface area (Å²) < 4.78 is 34.8. The quantitative estimate of drug-likeness (QED) is 0.388. The van der Waals surface area contributed by atoms with E-state index in [1.54, 1.807) is 29.2 Å². The number of aromatic nitrogens is 3. The molecular weight excluding hydrogens is 476 g/mol. The first-order valence-corrected chi connectivity index (χ1v) is 11.7. The molecule has 1 amide bonds. The molecule has 2 aromatic heterocycles. The van der Waals surface area contributed by atoms with Crippen LogP contribution in [0.3, 0.4) is 0 Å². The molecule has 10 heteroatoms. The van der Waals surface area contributed by atoms with Crippen LogP contribution in [0.4, 0.5) is 14.8 Å². The molecule has 0 spiro atoms. The number of benzene rings is 2. The van der Waals surface area contributed by atoms with Gasteiger partial charge in [-0.05, 0) is 43.0 Å². The SMILES string of the molecule is C[C@@H]1CCCN(C(=O)c2cc(F)cc(F)c2-c2ncccn2)[C@@H]1CNc1nc2ccc(Cl)cc2o1. The smallest absolute Gasteiger partial charge is 0.295 e. The summed E-state index contributed by atoms with van der Waals surface area (Å²) in [5, 5.41) is 3.71. The summed E-state index contributed by atoms with van der Waals surface area (Å²) in [7, 11) is 0. The number of halogens is 3. The number of nitrogens with zero attached hydrogens (tertiary/aromatic N) is 4. The van der Waals surface area contributed by atoms with Crippen molar-refractivity contribution in [3.63, 3.8) is 0 Å². The number of amides is 1. The van der Waals surface area contributed by atoms with Gasteiger partial charge in [0.1, 0.15) is 17.2 Å². The fourth-order valence-corrected chi connectivity index (χ4v) is 4.69. The summed E-state index contributed by atoms with van der Waals surface area (Å²) in [6.45, 7) is 2.85. The van der Waals surface area contributed by atoms with Crippen LogP contribution in [0.25, 0.3) is 22.5 Å². The van der Waals surface area contributed by atoms with Crippen LogP contribution in [0, 0.1) is 17.6 Å². The molecule has 1 aliphatic heterocycles. The van der Waals surface area contributed by atoms with E-state index in [4.69, 9.17) is 16.0 Å². The van der Waals surface area contributed by atoms with Crippen molar-refractivity contribution in [3.8, 4) is 11.4 Å². The highest BCUT2D eigenvalue weighted by molar-refractivity contribution is 6.31. The Morgan fingerprint density at radius 1 is 1.23 bits per heavy atom. The van der Waals surface area contributed by atoms with Crippen molar-refractivity contribution in [3.05, 3.63) is 71.0 Å². The van der Waals surface area contributed by atoms with Crippen molar-refractivity contribution in [1.82, 2.24) is 19.9 Å². The number of piperidine rings is 1. The van der Waals surface area contributed by atoms with Crippen molar-refractivity contribution in [2.75, 3.05) is 18.4 Å². The van der Waals surface area contributed by atoms with Gasteiger partial charge in [0.05, 0.1) is 17.2 Å². The summed E-state index contributed by atoms with van der Waals surface area (Å²) in [5.41, 5.74) is 0.985. The maximum absolute atomic E-state index is 14.9. The van der Waals surface area contributed by atoms with E-state index in [0.29, 0.717) is 35.2 Å². The van der Waals surface area contributed by atoms with Crippen molar-refractivity contribution in [1.29, 1.82) is 0 Å². The summed E-state index contributed by atoms with van der Waals surface area (Å²) in [6, 6.07) is 8.59. The fraction of sp³-hybridized carbons (Fsp3) is 0.280. The van der Waals surface area contributed by atoms with Gasteiger partial charge in [0.15, 0.2) is 11.4 Å². The average molecular weight is 498 g/mol. The van der Waals surface area contributed by atoms with Crippen LogP contribution in [-0.4, -0.2) is 44.9 Å². The van der Waals surface area contributed by atoms with Crippen molar-refractivity contribution < 1.29 is 18.0 Å². The van der Waals surface area contributed by atoms with Gasteiger partial charge in [-0.1, -0.05) is 18.5 Å². The van der Waals surface area contributed by atoms with E-state index in [0.717, 1.165) is 25.0 Å². The van der Waals surface area contributed by atoms with Crippen LogP contribution >= 0.6 is 11.6 Å². The third-order valence-corrected chi connectivity index (χ3v) is 6.50. The molecule has 4 aromatic rings. The number of likely N-dealkylation sites (tertiary alicyclic amines) is 1. The maximum Gasteiger partial charge on any atom is 0.295 e. The number of carbonyl (C=O) groups is 1. The first kappa shape index (κ1) is 23.2. The first-order chi connectivity index (χ1) is 16.9. The lowest BCUT2D eigenvalue weighted by atomic mass is 9.89. The minimum Gasteiger partial charge on any atom is -0.424 e. The van der Waals surface area contributed by atoms with Crippen molar-refractivity contribution in [2.45, 2.75) is 25.8 Å². The van der Waals surface area contributed by atoms with Gasteiger partial charge in [-0.2, -0.15) is 4.98 Å². The van der Waals surface area contributed by atoms with Gasteiger partial charge in [-0.15, -0.1) is 0 Å². The summed E-state index contributed by atoms with van der Waals surface area (Å²) in [5.74, 6) is -2.04. The van der Waals surface area contributed by atoms with Gasteiger partial charge in [0, 0.05) is 42.6 Å². The molecule has 0 aliphatic carbocycles. The molecule has 0 unspecified atom stereocenters. The largest absolute Gasteiger partial charge is 0.424 e. The van der Waals surface area contributed by atoms with E-state index in [1.165, 1.54) is 12.4 Å². The second-order valence-corrected chi connectivity index (χ2v) is 9.02. The molecule has 1 fully saturated rings. The maximum atomic E-state index is 14.9. The standard InChI is InChI=1S/C25H22ClF2N5O2/c1-14-4-2-9-33(20(14)13-31-25-32-19-6-5-15(26)10-21(19)35-25)24(34)17-11-16(27)12-18(28)22(17)23-29-7-3-8-30-23/h3,5-8,10-12,14,20H,2,4,9,13H2,1H3,(H,31,32)/t14-,20-/m1/s1. The van der Waals surface area contributed by atoms with Crippen LogP contribution in [0.15, 0.2) is 53.2 Å². The second kappa shape index (κ2) is 9.58. The molecule has 2 atom stereocenters. The molecule has 1 aliphatic rings. The molecule has 1 saturated heterocycles. The summed E-state index contributed by atoms with van der Waals surface area (Å²) in [4.78, 5) is 27.9. The molecule has 0 saturated carbocycles. The second-order valence-electron chi connectivity index (χ2n) is 8.58. The number of hydrogen-bond acceptors (Lipinski definition) is 6. The minimum absolute atomic E-state index is 0.0261. The number of hydrogen-bond donors (Lipinski definition) is 1. The fourth-order valence-electron chi connectivity index (χ4n) is 4.53. The Labute approximate surface area is 205 Å². The lowest BCUT2D eigenvalue weighted by molar-refractivity contribution is 0.0539. The van der Waals surface area contributed by atoms with E-state index in [2.05, 4.69) is 20.3 Å². The topological polar surface area (TPSA) is 84.2 Å². The Morgan fingerprint density at radius 3 is 2.83 bits per heavy atom. The number of fused-ring (bicyclic) bond motifs is 1. The van der Waals surface area contributed by atoms with E-state index in [-0.39, 0.29) is 28.9 Å². The third kappa shape index (κ3) is 4.68. The molecule has 3 heterocycles. The predicted molar refractivity (Wildman–Crippen MR) is 128 cm³/mol. The zero-order valence-electron chi connectivity index (χ0n) is 18.8. The van der Waals surface area contributed by atoms with Crippen LogP contribution < -0.4 is 5.32 Å². The number of oxazole rings is 1. The van der Waals surface area contributed by atoms with Gasteiger partial charge in [-0.3, -0.25) is 4.79 Å². The van der Waals surface area contributed by atoms with E-state index < -0.39 is 17.5 Å². The monoisotopic (exact) mass is 497 g/mol. The Morgan fingerprint density at radius 2 is 2.03 bits per heavy atom. The Balaban J connectivity index is 1.44. The van der Waals surface area contributed by atoms with Crippen LogP contribution in [0.2, 0.25) is 5.02 Å². The number of anilines is 1. The highest BCUT2D eigenvalue weighted by atomic mass is 35.5. The lowest BCUT2D eigenvalue weighted by Crippen LogP contribution is -2.51. The van der Waals surface area contributed by atoms with Gasteiger partial charge < -0.3 is 14.6 Å². The Bertz CT molecular complexity index is 1380. The minimum atomic E-state index is -0.885. The third-order valence-electron chi connectivity index (χ3n) is 6.26. The number of rotatable bonds is 5. The molecule has 0 radical (unpaired) electrons. The van der Waals surface area contributed by atoms with Crippen molar-refractivity contribution in [2.24, 2.45) is 5.92 Å². The van der Waals surface area contributed by atoms with Gasteiger partial charge in [0.2, 0.25) is 0 Å². The van der Waals surface area contributed by atoms with Gasteiger partial charge in [0.25, 0.3) is 11.9 Å². The first-order valence-electron chi connectivity index (χ1n) is 11.3. The highest BCUT2D eigenvalue weighted by Crippen LogP contribution is 2.31. The molecule has 7 nitrogen and oxygen atoms in total. The molecule has 5 rings (SSSR count). The molecule has 180 valence electrons. The van der Waals surface area contributed by atoms with Gasteiger partial charge >= 0.3 is 0 Å². The van der Waals surface area contributed by atoms with Gasteiger partial charge in [-0.25, -0.2) is 18.7 Å². The van der Waals surface area contributed by atoms with Crippen LogP contribution in [0.1, 0.15) is 30.1 Å². The molecular formula is C25H22ClF2N5O2. The molecule has 0 bridgehead atoms. The van der Waals surface area contributed by atoms with Crippen LogP contribution in [-0.2, 0) is 0 Å². The van der Waals surface area contributed by atoms with Crippen molar-refractivity contribution >= 4 is 34.6 Å². The van der Waals surface area contributed by atoms with E-state index in [1.807, 2.05) is 6.92 Å². The van der Waals surface area contributed by atoms with Crippen LogP contribution in [0.5, 0.6) is 0 Å². The summed E-state index contributed by atoms with van der Waals surface area (Å²) >= 11 is 6.02. The molecule has 1 N–H and O–H groups in total. The lowest BCUT2D eigenvalue weighted by Gasteiger charge is -2.40. The average Bonchev–Trinajstić information content (AvgIpc) is 3.24. The van der Waals surface area contributed by atoms with E-state index in [9.17, 15) is 13.6 Å². The zero-order valence-corrected chi connectivity index (χ0v) is 19.6. The molecule has 35 heavy (non-hydrogen) atoms. The Hall–Kier alpha value is -3.59. The normalized spacial score (nSPS) is 18.1. The number of carbonyl (C=O) groups excluding carboxylic acids is 1. The number of nitrogens with one attached hydrogen (secondary N) is 1. The highest BCUT2D eigenvalue weighted by Gasteiger charge is 2.34. The zero-order chi connectivity index (χ0) is 24.5. The predicted octanol–water partition coefficient (Wildman–Crippen LogP) is 5.57. The molecule has 2 aromatic carbocycles. The van der Waals surface area contributed by atoms with E-state index >= 15 is 0 Å². The summed E-state index contributed by atoms with van der Waals surface area (Å²) in [6.07, 6.45) is 4.58.